The number of cyclic esters (lactones) is 1. The third-order valence-electron chi connectivity index (χ3n) is 2.71. The molecule has 0 aliphatic carbocycles. The Morgan fingerprint density at radius 2 is 2.53 bits per heavy atom. The van der Waals surface area contributed by atoms with Crippen LogP contribution in [0, 0.1) is 5.41 Å². The Balaban J connectivity index is 2.28. The predicted octanol–water partition coefficient (Wildman–Crippen LogP) is 0.603. The van der Waals surface area contributed by atoms with E-state index < -0.39 is 11.4 Å². The molecule has 2 heterocycles. The number of hydrogen-bond donors (Lipinski definition) is 0. The van der Waals surface area contributed by atoms with Gasteiger partial charge in [-0.15, -0.1) is 5.10 Å². The van der Waals surface area contributed by atoms with E-state index in [9.17, 15) is 9.59 Å². The first-order valence-electron chi connectivity index (χ1n) is 4.60. The molecule has 2 rings (SSSR count). The minimum atomic E-state index is -0.992. The lowest BCUT2D eigenvalue weighted by atomic mass is 9.79. The van der Waals surface area contributed by atoms with E-state index in [4.69, 9.17) is 4.74 Å². The summed E-state index contributed by atoms with van der Waals surface area (Å²) < 4.78 is 8.59. The van der Waals surface area contributed by atoms with E-state index in [-0.39, 0.29) is 5.78 Å². The van der Waals surface area contributed by atoms with Crippen molar-refractivity contribution in [3.05, 3.63) is 11.1 Å². The van der Waals surface area contributed by atoms with Gasteiger partial charge in [0.2, 0.25) is 0 Å². The smallest absolute Gasteiger partial charge is 0.320 e. The van der Waals surface area contributed by atoms with Gasteiger partial charge in [-0.2, -0.15) is 0 Å². The second kappa shape index (κ2) is 3.69. The summed E-state index contributed by atoms with van der Waals surface area (Å²) in [5.74, 6) is -0.554. The maximum Gasteiger partial charge on any atom is 0.320 e. The van der Waals surface area contributed by atoms with E-state index in [0.29, 0.717) is 19.4 Å². The number of Topliss-reactive ketones (excluding diaryl/α,β-unsaturated/α-hetero) is 1. The molecule has 0 aromatic carbocycles. The van der Waals surface area contributed by atoms with Gasteiger partial charge in [-0.3, -0.25) is 9.59 Å². The summed E-state index contributed by atoms with van der Waals surface area (Å²) in [5, 5.41) is 3.68. The van der Waals surface area contributed by atoms with Gasteiger partial charge < -0.3 is 4.74 Å². The lowest BCUT2D eigenvalue weighted by molar-refractivity contribution is -0.150. The maximum atomic E-state index is 11.6. The van der Waals surface area contributed by atoms with E-state index in [1.807, 2.05) is 0 Å². The quantitative estimate of drug-likeness (QED) is 0.557. The van der Waals surface area contributed by atoms with E-state index in [0.717, 1.165) is 4.88 Å². The fourth-order valence-corrected chi connectivity index (χ4v) is 2.33. The summed E-state index contributed by atoms with van der Waals surface area (Å²) in [6.45, 7) is 1.76. The van der Waals surface area contributed by atoms with Crippen molar-refractivity contribution in [1.29, 1.82) is 0 Å². The molecule has 0 radical (unpaired) electrons. The summed E-state index contributed by atoms with van der Waals surface area (Å²) in [6, 6.07) is 0. The van der Waals surface area contributed by atoms with Crippen LogP contribution in [0.3, 0.4) is 0 Å². The van der Waals surface area contributed by atoms with Gasteiger partial charge in [0.1, 0.15) is 11.2 Å². The monoisotopic (exact) mass is 226 g/mol. The summed E-state index contributed by atoms with van der Waals surface area (Å²) in [7, 11) is 0. The Labute approximate surface area is 90.6 Å². The molecule has 0 amide bonds. The lowest BCUT2D eigenvalue weighted by Crippen LogP contribution is -2.36. The number of aromatic nitrogens is 2. The average molecular weight is 226 g/mol. The minimum absolute atomic E-state index is 0.140. The molecule has 1 aliphatic rings. The molecule has 15 heavy (non-hydrogen) atoms. The Kier molecular flexibility index (Phi) is 2.52. The fourth-order valence-electron chi connectivity index (χ4n) is 1.73. The van der Waals surface area contributed by atoms with Gasteiger partial charge in [0.15, 0.2) is 0 Å². The summed E-state index contributed by atoms with van der Waals surface area (Å²) >= 11 is 1.21. The number of ether oxygens (including phenoxy) is 1. The van der Waals surface area contributed by atoms with Crippen LogP contribution in [-0.2, 0) is 20.7 Å². The second-order valence-corrected chi connectivity index (χ2v) is 4.46. The number of carbonyl (C=O) groups excluding carboxylic acids is 2. The van der Waals surface area contributed by atoms with Gasteiger partial charge in [-0.1, -0.05) is 4.49 Å². The normalized spacial score (nSPS) is 25.3. The van der Waals surface area contributed by atoms with Crippen LogP contribution in [0.1, 0.15) is 18.2 Å². The van der Waals surface area contributed by atoms with E-state index in [2.05, 4.69) is 9.59 Å². The van der Waals surface area contributed by atoms with Crippen LogP contribution in [-0.4, -0.2) is 27.9 Å². The Hall–Kier alpha value is -1.30. The predicted molar refractivity (Wildman–Crippen MR) is 52.3 cm³/mol. The Morgan fingerprint density at radius 3 is 3.00 bits per heavy atom. The van der Waals surface area contributed by atoms with Crippen molar-refractivity contribution in [2.24, 2.45) is 5.41 Å². The highest BCUT2D eigenvalue weighted by atomic mass is 32.1. The molecule has 6 heteroatoms. The SMILES string of the molecule is CC(=O)C1(Cc2cnns2)CCOC1=O. The van der Waals surface area contributed by atoms with Crippen LogP contribution >= 0.6 is 11.5 Å². The highest BCUT2D eigenvalue weighted by Gasteiger charge is 2.49. The van der Waals surface area contributed by atoms with Gasteiger partial charge in [-0.25, -0.2) is 0 Å². The standard InChI is InChI=1S/C9H10N2O3S/c1-6(12)9(2-3-14-8(9)13)4-7-5-10-11-15-7/h5H,2-4H2,1H3. The number of ketones is 1. The first-order valence-corrected chi connectivity index (χ1v) is 5.37. The molecule has 1 atom stereocenters. The van der Waals surface area contributed by atoms with E-state index >= 15 is 0 Å². The molecule has 1 unspecified atom stereocenters. The molecule has 80 valence electrons. The van der Waals surface area contributed by atoms with Crippen molar-refractivity contribution in [1.82, 2.24) is 9.59 Å². The molecule has 0 bridgehead atoms. The first kappa shape index (κ1) is 10.2. The maximum absolute atomic E-state index is 11.6. The number of hydrogen-bond acceptors (Lipinski definition) is 6. The topological polar surface area (TPSA) is 69.2 Å². The van der Waals surface area contributed by atoms with E-state index in [1.165, 1.54) is 18.5 Å². The number of esters is 1. The zero-order valence-electron chi connectivity index (χ0n) is 8.23. The average Bonchev–Trinajstić information content (AvgIpc) is 2.78. The number of nitrogens with zero attached hydrogens (tertiary/aromatic N) is 2. The lowest BCUT2D eigenvalue weighted by Gasteiger charge is -2.19. The largest absolute Gasteiger partial charge is 0.465 e. The third-order valence-corrected chi connectivity index (χ3v) is 3.37. The molecule has 0 spiro atoms. The van der Waals surface area contributed by atoms with Crippen LogP contribution in [0.5, 0.6) is 0 Å². The van der Waals surface area contributed by atoms with Crippen LogP contribution in [0.2, 0.25) is 0 Å². The molecule has 1 saturated heterocycles. The van der Waals surface area contributed by atoms with Crippen LogP contribution < -0.4 is 0 Å². The zero-order chi connectivity index (χ0) is 10.9. The summed E-state index contributed by atoms with van der Waals surface area (Å²) in [6.07, 6.45) is 2.40. The highest BCUT2D eigenvalue weighted by molar-refractivity contribution is 7.05. The molecular formula is C9H10N2O3S. The first-order chi connectivity index (χ1) is 7.15. The molecule has 1 aromatic rings. The van der Waals surface area contributed by atoms with Gasteiger partial charge in [0, 0.05) is 17.7 Å². The Morgan fingerprint density at radius 1 is 1.73 bits per heavy atom. The zero-order valence-corrected chi connectivity index (χ0v) is 9.04. The van der Waals surface area contributed by atoms with Crippen molar-refractivity contribution < 1.29 is 14.3 Å². The molecular weight excluding hydrogens is 216 g/mol. The van der Waals surface area contributed by atoms with Crippen LogP contribution in [0.15, 0.2) is 6.20 Å². The van der Waals surface area contributed by atoms with Crippen molar-refractivity contribution in [2.45, 2.75) is 19.8 Å². The van der Waals surface area contributed by atoms with Crippen LogP contribution in [0.25, 0.3) is 0 Å². The minimum Gasteiger partial charge on any atom is -0.465 e. The molecule has 1 fully saturated rings. The molecule has 5 nitrogen and oxygen atoms in total. The fraction of sp³-hybridized carbons (Fsp3) is 0.556. The molecule has 0 N–H and O–H groups in total. The van der Waals surface area contributed by atoms with Crippen molar-refractivity contribution in [3.63, 3.8) is 0 Å². The van der Waals surface area contributed by atoms with Gasteiger partial charge >= 0.3 is 5.97 Å². The number of carbonyl (C=O) groups is 2. The summed E-state index contributed by atoms with van der Waals surface area (Å²) in [5.41, 5.74) is -0.992. The van der Waals surface area contributed by atoms with Crippen molar-refractivity contribution in [2.75, 3.05) is 6.61 Å². The molecule has 0 saturated carbocycles. The molecule has 1 aliphatic heterocycles. The molecule has 1 aromatic heterocycles. The highest BCUT2D eigenvalue weighted by Crippen LogP contribution is 2.35. The van der Waals surface area contributed by atoms with Crippen LogP contribution in [0.4, 0.5) is 0 Å². The van der Waals surface area contributed by atoms with Crippen molar-refractivity contribution >= 4 is 23.3 Å². The van der Waals surface area contributed by atoms with E-state index in [1.54, 1.807) is 6.20 Å². The van der Waals surface area contributed by atoms with Gasteiger partial charge in [0.05, 0.1) is 12.8 Å². The third kappa shape index (κ3) is 1.65. The van der Waals surface area contributed by atoms with Crippen molar-refractivity contribution in [3.8, 4) is 0 Å². The Bertz CT molecular complexity index is 390. The number of rotatable bonds is 3. The van der Waals surface area contributed by atoms with Gasteiger partial charge in [0.25, 0.3) is 0 Å². The second-order valence-electron chi connectivity index (χ2n) is 3.58. The summed E-state index contributed by atoms with van der Waals surface area (Å²) in [4.78, 5) is 24.0. The van der Waals surface area contributed by atoms with Gasteiger partial charge in [-0.05, 0) is 18.5 Å².